The minimum absolute atomic E-state index is 0. The number of ether oxygens (including phenoxy) is 1. The van der Waals surface area contributed by atoms with Crippen LogP contribution in [0.3, 0.4) is 0 Å². The predicted molar refractivity (Wildman–Crippen MR) is 86.4 cm³/mol. The second-order valence-corrected chi connectivity index (χ2v) is 5.65. The van der Waals surface area contributed by atoms with E-state index in [1.54, 1.807) is 25.1 Å². The van der Waals surface area contributed by atoms with Crippen LogP contribution in [0.1, 0.15) is 26.2 Å². The fraction of sp³-hybridized carbons (Fsp3) is 0.467. The first-order chi connectivity index (χ1) is 10.0. The van der Waals surface area contributed by atoms with Crippen molar-refractivity contribution in [1.82, 2.24) is 0 Å². The molecule has 0 radical (unpaired) electrons. The lowest BCUT2D eigenvalue weighted by atomic mass is 10.0. The van der Waals surface area contributed by atoms with Gasteiger partial charge in [0.25, 0.3) is 5.91 Å². The van der Waals surface area contributed by atoms with Crippen LogP contribution in [0.4, 0.5) is 11.4 Å². The van der Waals surface area contributed by atoms with Gasteiger partial charge < -0.3 is 21.1 Å². The molecule has 3 atom stereocenters. The molecule has 2 aliphatic rings. The number of nitrogens with two attached hydrogens (primary N) is 1. The van der Waals surface area contributed by atoms with Crippen LogP contribution in [0.5, 0.6) is 5.75 Å². The molecule has 22 heavy (non-hydrogen) atoms. The van der Waals surface area contributed by atoms with Crippen molar-refractivity contribution < 1.29 is 14.3 Å². The summed E-state index contributed by atoms with van der Waals surface area (Å²) in [5, 5.41) is 5.63. The number of rotatable bonds is 2. The Labute approximate surface area is 135 Å². The number of amides is 2. The van der Waals surface area contributed by atoms with Gasteiger partial charge in [0.1, 0.15) is 5.75 Å². The van der Waals surface area contributed by atoms with Crippen molar-refractivity contribution >= 4 is 35.6 Å². The molecule has 0 saturated heterocycles. The van der Waals surface area contributed by atoms with E-state index in [1.807, 2.05) is 0 Å². The van der Waals surface area contributed by atoms with Gasteiger partial charge in [0.05, 0.1) is 11.6 Å². The largest absolute Gasteiger partial charge is 0.479 e. The van der Waals surface area contributed by atoms with Crippen molar-refractivity contribution in [2.75, 3.05) is 10.6 Å². The number of carbonyl (C=O) groups excluding carboxylic acids is 2. The number of nitrogens with one attached hydrogen (secondary N) is 2. The third-order valence-corrected chi connectivity index (χ3v) is 4.08. The Kier molecular flexibility index (Phi) is 4.93. The summed E-state index contributed by atoms with van der Waals surface area (Å²) in [7, 11) is 0. The van der Waals surface area contributed by atoms with Crippen LogP contribution in [0, 0.1) is 5.92 Å². The van der Waals surface area contributed by atoms with Gasteiger partial charge in [-0.25, -0.2) is 0 Å². The number of hydrogen-bond donors (Lipinski definition) is 3. The minimum atomic E-state index is -0.505. The molecule has 120 valence electrons. The van der Waals surface area contributed by atoms with Crippen LogP contribution in [0.15, 0.2) is 18.2 Å². The average molecular weight is 326 g/mol. The zero-order chi connectivity index (χ0) is 15.0. The number of fused-ring (bicyclic) bond motifs is 1. The fourth-order valence-electron chi connectivity index (χ4n) is 2.84. The molecule has 0 bridgehead atoms. The Hall–Kier alpha value is -1.79. The first-order valence-corrected chi connectivity index (χ1v) is 7.22. The summed E-state index contributed by atoms with van der Waals surface area (Å²) >= 11 is 0. The fourth-order valence-corrected chi connectivity index (χ4v) is 2.84. The number of halogens is 1. The molecule has 0 spiro atoms. The summed E-state index contributed by atoms with van der Waals surface area (Å²) in [5.41, 5.74) is 7.15. The van der Waals surface area contributed by atoms with Crippen LogP contribution in [-0.4, -0.2) is 24.0 Å². The van der Waals surface area contributed by atoms with E-state index in [4.69, 9.17) is 10.5 Å². The molecule has 3 unspecified atom stereocenters. The highest BCUT2D eigenvalue weighted by atomic mass is 35.5. The molecule has 1 aliphatic carbocycles. The molecule has 6 nitrogen and oxygen atoms in total. The van der Waals surface area contributed by atoms with E-state index in [2.05, 4.69) is 10.6 Å². The summed E-state index contributed by atoms with van der Waals surface area (Å²) in [6, 6.07) is 5.15. The van der Waals surface area contributed by atoms with Gasteiger partial charge in [0, 0.05) is 11.7 Å². The van der Waals surface area contributed by atoms with Gasteiger partial charge in [-0.05, 0) is 38.0 Å². The number of benzene rings is 1. The van der Waals surface area contributed by atoms with Crippen molar-refractivity contribution in [3.05, 3.63) is 18.2 Å². The number of hydrogen-bond acceptors (Lipinski definition) is 4. The van der Waals surface area contributed by atoms with E-state index in [-0.39, 0.29) is 36.2 Å². The van der Waals surface area contributed by atoms with Gasteiger partial charge in [0.15, 0.2) is 6.10 Å². The van der Waals surface area contributed by atoms with E-state index >= 15 is 0 Å². The Morgan fingerprint density at radius 3 is 2.86 bits per heavy atom. The van der Waals surface area contributed by atoms with Crippen molar-refractivity contribution in [3.63, 3.8) is 0 Å². The maximum Gasteiger partial charge on any atom is 0.265 e. The Bertz CT molecular complexity index is 593. The standard InChI is InChI=1S/C15H19N3O3.ClH/c1-8-14(19)18-12-7-9(5-6-13(12)21-8)17-15(20)10-3-2-4-11(10)16;/h5-8,10-11H,2-4,16H2,1H3,(H,17,20)(H,18,19);1H. The molecular formula is C15H20ClN3O3. The van der Waals surface area contributed by atoms with Gasteiger partial charge in [-0.2, -0.15) is 0 Å². The molecule has 7 heteroatoms. The SMILES string of the molecule is CC1Oc2ccc(NC(=O)C3CCCC3N)cc2NC1=O.Cl. The summed E-state index contributed by atoms with van der Waals surface area (Å²) in [5.74, 6) is 0.227. The molecular weight excluding hydrogens is 306 g/mol. The van der Waals surface area contributed by atoms with Crippen molar-refractivity contribution in [2.45, 2.75) is 38.3 Å². The van der Waals surface area contributed by atoms with Gasteiger partial charge in [-0.1, -0.05) is 6.42 Å². The first-order valence-electron chi connectivity index (χ1n) is 7.22. The average Bonchev–Trinajstić information content (AvgIpc) is 2.87. The lowest BCUT2D eigenvalue weighted by Crippen LogP contribution is -2.35. The highest BCUT2D eigenvalue weighted by Gasteiger charge is 2.30. The highest BCUT2D eigenvalue weighted by molar-refractivity contribution is 5.99. The smallest absolute Gasteiger partial charge is 0.265 e. The molecule has 2 amide bonds. The molecule has 0 aromatic heterocycles. The van der Waals surface area contributed by atoms with E-state index in [0.29, 0.717) is 17.1 Å². The molecule has 3 rings (SSSR count). The van der Waals surface area contributed by atoms with E-state index in [9.17, 15) is 9.59 Å². The summed E-state index contributed by atoms with van der Waals surface area (Å²) in [4.78, 5) is 23.8. The van der Waals surface area contributed by atoms with Crippen LogP contribution in [-0.2, 0) is 9.59 Å². The van der Waals surface area contributed by atoms with Crippen LogP contribution in [0.25, 0.3) is 0 Å². The lowest BCUT2D eigenvalue weighted by Gasteiger charge is -2.24. The summed E-state index contributed by atoms with van der Waals surface area (Å²) in [6.07, 6.45) is 2.21. The second kappa shape index (κ2) is 6.54. The van der Waals surface area contributed by atoms with Gasteiger partial charge in [-0.15, -0.1) is 12.4 Å². The topological polar surface area (TPSA) is 93.4 Å². The molecule has 1 aliphatic heterocycles. The van der Waals surface area contributed by atoms with Crippen molar-refractivity contribution in [2.24, 2.45) is 11.7 Å². The molecule has 1 aromatic rings. The molecule has 1 saturated carbocycles. The predicted octanol–water partition coefficient (Wildman–Crippen LogP) is 1.89. The number of anilines is 2. The maximum absolute atomic E-state index is 12.2. The summed E-state index contributed by atoms with van der Waals surface area (Å²) in [6.45, 7) is 1.69. The Balaban J connectivity index is 0.00000176. The van der Waals surface area contributed by atoms with Gasteiger partial charge in [0.2, 0.25) is 5.91 Å². The van der Waals surface area contributed by atoms with E-state index in [1.165, 1.54) is 0 Å². The molecule has 4 N–H and O–H groups in total. The monoisotopic (exact) mass is 325 g/mol. The second-order valence-electron chi connectivity index (χ2n) is 5.65. The first kappa shape index (κ1) is 16.6. The van der Waals surface area contributed by atoms with E-state index in [0.717, 1.165) is 19.3 Å². The third-order valence-electron chi connectivity index (χ3n) is 4.08. The summed E-state index contributed by atoms with van der Waals surface area (Å²) < 4.78 is 5.48. The molecule has 1 heterocycles. The van der Waals surface area contributed by atoms with E-state index < -0.39 is 6.10 Å². The zero-order valence-electron chi connectivity index (χ0n) is 12.3. The normalized spacial score (nSPS) is 26.3. The minimum Gasteiger partial charge on any atom is -0.479 e. The van der Waals surface area contributed by atoms with Crippen LogP contribution >= 0.6 is 12.4 Å². The maximum atomic E-state index is 12.2. The van der Waals surface area contributed by atoms with Crippen LogP contribution in [0.2, 0.25) is 0 Å². The molecule has 1 aromatic carbocycles. The van der Waals surface area contributed by atoms with Crippen molar-refractivity contribution in [3.8, 4) is 5.75 Å². The zero-order valence-corrected chi connectivity index (χ0v) is 13.1. The highest BCUT2D eigenvalue weighted by Crippen LogP contribution is 2.33. The van der Waals surface area contributed by atoms with Gasteiger partial charge >= 0.3 is 0 Å². The Morgan fingerprint density at radius 2 is 2.18 bits per heavy atom. The van der Waals surface area contributed by atoms with Crippen molar-refractivity contribution in [1.29, 1.82) is 0 Å². The molecule has 1 fully saturated rings. The lowest BCUT2D eigenvalue weighted by molar-refractivity contribution is -0.122. The van der Waals surface area contributed by atoms with Gasteiger partial charge in [-0.3, -0.25) is 9.59 Å². The third kappa shape index (κ3) is 3.18. The quantitative estimate of drug-likeness (QED) is 0.774. The number of carbonyl (C=O) groups is 2. The Morgan fingerprint density at radius 1 is 1.41 bits per heavy atom. The van der Waals surface area contributed by atoms with Crippen LogP contribution < -0.4 is 21.1 Å².